The lowest BCUT2D eigenvalue weighted by Gasteiger charge is -2.18. The summed E-state index contributed by atoms with van der Waals surface area (Å²) in [5.41, 5.74) is 0.885. The number of allylic oxidation sites excluding steroid dienone is 2. The lowest BCUT2D eigenvalue weighted by molar-refractivity contribution is -0.115. The van der Waals surface area contributed by atoms with E-state index in [2.05, 4.69) is 4.99 Å². The molecule has 84 valence electrons. The second-order valence-electron chi connectivity index (χ2n) is 4.97. The van der Waals surface area contributed by atoms with Gasteiger partial charge in [0.25, 0.3) is 0 Å². The van der Waals surface area contributed by atoms with Crippen LogP contribution in [-0.2, 0) is 4.79 Å². The molecule has 0 bridgehead atoms. The van der Waals surface area contributed by atoms with Gasteiger partial charge in [-0.05, 0) is 34.1 Å². The first-order valence-electron chi connectivity index (χ1n) is 5.33. The van der Waals surface area contributed by atoms with Crippen molar-refractivity contribution >= 4 is 11.5 Å². The topological polar surface area (TPSA) is 49.7 Å². The number of aliphatic imine (C=N–C) groups is 1. The van der Waals surface area contributed by atoms with Gasteiger partial charge < -0.3 is 5.11 Å². The molecule has 3 heteroatoms. The summed E-state index contributed by atoms with van der Waals surface area (Å²) in [6, 6.07) is 0. The summed E-state index contributed by atoms with van der Waals surface area (Å²) in [4.78, 5) is 16.0. The Labute approximate surface area is 90.9 Å². The number of rotatable bonds is 1. The SMILES string of the molecule is CC(=NC(C)(C)C)C1=C(O)CCCC1=O. The third kappa shape index (κ3) is 3.18. The summed E-state index contributed by atoms with van der Waals surface area (Å²) < 4.78 is 0. The predicted molar refractivity (Wildman–Crippen MR) is 61.4 cm³/mol. The molecule has 0 atom stereocenters. The van der Waals surface area contributed by atoms with Gasteiger partial charge in [-0.3, -0.25) is 9.79 Å². The van der Waals surface area contributed by atoms with Gasteiger partial charge in [0.2, 0.25) is 0 Å². The van der Waals surface area contributed by atoms with Crippen molar-refractivity contribution < 1.29 is 9.90 Å². The second kappa shape index (κ2) is 4.17. The Morgan fingerprint density at radius 3 is 2.40 bits per heavy atom. The summed E-state index contributed by atoms with van der Waals surface area (Å²) in [6.45, 7) is 7.71. The van der Waals surface area contributed by atoms with Crippen molar-refractivity contribution in [1.82, 2.24) is 0 Å². The lowest BCUT2D eigenvalue weighted by Crippen LogP contribution is -2.21. The van der Waals surface area contributed by atoms with Crippen LogP contribution in [0.25, 0.3) is 0 Å². The predicted octanol–water partition coefficient (Wildman–Crippen LogP) is 2.81. The smallest absolute Gasteiger partial charge is 0.168 e. The van der Waals surface area contributed by atoms with Gasteiger partial charge in [0, 0.05) is 18.6 Å². The van der Waals surface area contributed by atoms with Crippen LogP contribution in [0.15, 0.2) is 16.3 Å². The molecule has 0 saturated carbocycles. The molecule has 0 fully saturated rings. The van der Waals surface area contributed by atoms with Crippen molar-refractivity contribution in [2.45, 2.75) is 52.5 Å². The van der Waals surface area contributed by atoms with Crippen LogP contribution in [0.2, 0.25) is 0 Å². The lowest BCUT2D eigenvalue weighted by atomic mass is 9.93. The molecular weight excluding hydrogens is 190 g/mol. The molecule has 0 aromatic carbocycles. The molecule has 0 radical (unpaired) electrons. The molecular formula is C12H19NO2. The highest BCUT2D eigenvalue weighted by Gasteiger charge is 2.23. The molecule has 3 nitrogen and oxygen atoms in total. The van der Waals surface area contributed by atoms with Crippen molar-refractivity contribution in [3.8, 4) is 0 Å². The monoisotopic (exact) mass is 209 g/mol. The molecule has 1 aliphatic rings. The van der Waals surface area contributed by atoms with Crippen molar-refractivity contribution in [3.05, 3.63) is 11.3 Å². The van der Waals surface area contributed by atoms with Gasteiger partial charge in [-0.25, -0.2) is 0 Å². The van der Waals surface area contributed by atoms with Crippen LogP contribution in [0.1, 0.15) is 47.0 Å². The number of aliphatic hydroxyl groups is 1. The van der Waals surface area contributed by atoms with E-state index in [1.165, 1.54) is 0 Å². The molecule has 0 saturated heterocycles. The first-order chi connectivity index (χ1) is 6.81. The van der Waals surface area contributed by atoms with Crippen LogP contribution in [0.5, 0.6) is 0 Å². The van der Waals surface area contributed by atoms with Gasteiger partial charge in [0.05, 0.1) is 11.1 Å². The van der Waals surface area contributed by atoms with E-state index in [-0.39, 0.29) is 17.1 Å². The van der Waals surface area contributed by atoms with Gasteiger partial charge >= 0.3 is 0 Å². The molecule has 0 heterocycles. The van der Waals surface area contributed by atoms with Crippen molar-refractivity contribution in [3.63, 3.8) is 0 Å². The molecule has 0 spiro atoms. The molecule has 0 aromatic rings. The van der Waals surface area contributed by atoms with E-state index in [0.29, 0.717) is 24.1 Å². The third-order valence-electron chi connectivity index (χ3n) is 2.25. The van der Waals surface area contributed by atoms with E-state index >= 15 is 0 Å². The molecule has 1 rings (SSSR count). The number of ketones is 1. The van der Waals surface area contributed by atoms with Crippen LogP contribution < -0.4 is 0 Å². The zero-order valence-electron chi connectivity index (χ0n) is 9.92. The molecule has 1 N–H and O–H groups in total. The maximum Gasteiger partial charge on any atom is 0.168 e. The largest absolute Gasteiger partial charge is 0.511 e. The van der Waals surface area contributed by atoms with E-state index in [0.717, 1.165) is 6.42 Å². The van der Waals surface area contributed by atoms with Gasteiger partial charge in [-0.1, -0.05) is 0 Å². The minimum Gasteiger partial charge on any atom is -0.511 e. The van der Waals surface area contributed by atoms with Gasteiger partial charge in [0.15, 0.2) is 5.78 Å². The Kier molecular flexibility index (Phi) is 3.32. The highest BCUT2D eigenvalue weighted by Crippen LogP contribution is 2.22. The van der Waals surface area contributed by atoms with E-state index in [1.807, 2.05) is 20.8 Å². The standard InChI is InChI=1S/C12H19NO2/c1-8(13-12(2,3)4)11-9(14)6-5-7-10(11)15/h14H,5-7H2,1-4H3. The summed E-state index contributed by atoms with van der Waals surface area (Å²) in [7, 11) is 0. The first kappa shape index (κ1) is 12.0. The fourth-order valence-corrected chi connectivity index (χ4v) is 1.80. The Hall–Kier alpha value is -1.12. The van der Waals surface area contributed by atoms with E-state index in [1.54, 1.807) is 6.92 Å². The van der Waals surface area contributed by atoms with Crippen LogP contribution >= 0.6 is 0 Å². The molecule has 15 heavy (non-hydrogen) atoms. The van der Waals surface area contributed by atoms with Crippen LogP contribution in [0.3, 0.4) is 0 Å². The van der Waals surface area contributed by atoms with Gasteiger partial charge in [-0.15, -0.1) is 0 Å². The van der Waals surface area contributed by atoms with Crippen LogP contribution in [0.4, 0.5) is 0 Å². The Balaban J connectivity index is 3.06. The maximum absolute atomic E-state index is 11.6. The average Bonchev–Trinajstić information content (AvgIpc) is 1.99. The van der Waals surface area contributed by atoms with E-state index in [4.69, 9.17) is 0 Å². The zero-order valence-corrected chi connectivity index (χ0v) is 9.92. The minimum atomic E-state index is -0.213. The number of Topliss-reactive ketones (excluding diaryl/α,β-unsaturated/α-hetero) is 1. The minimum absolute atomic E-state index is 0.0178. The highest BCUT2D eigenvalue weighted by molar-refractivity contribution is 6.22. The van der Waals surface area contributed by atoms with E-state index < -0.39 is 0 Å². The van der Waals surface area contributed by atoms with Crippen molar-refractivity contribution in [2.75, 3.05) is 0 Å². The Bertz CT molecular complexity index is 332. The van der Waals surface area contributed by atoms with Gasteiger partial charge in [-0.2, -0.15) is 0 Å². The van der Waals surface area contributed by atoms with Crippen molar-refractivity contribution in [2.24, 2.45) is 4.99 Å². The van der Waals surface area contributed by atoms with Crippen LogP contribution in [-0.4, -0.2) is 22.1 Å². The Morgan fingerprint density at radius 2 is 1.93 bits per heavy atom. The fourth-order valence-electron chi connectivity index (χ4n) is 1.80. The average molecular weight is 209 g/mol. The van der Waals surface area contributed by atoms with Gasteiger partial charge in [0.1, 0.15) is 5.76 Å². The summed E-state index contributed by atoms with van der Waals surface area (Å²) in [6.07, 6.45) is 1.87. The fraction of sp³-hybridized carbons (Fsp3) is 0.667. The van der Waals surface area contributed by atoms with Crippen LogP contribution in [0, 0.1) is 0 Å². The number of carbonyl (C=O) groups is 1. The second-order valence-corrected chi connectivity index (χ2v) is 4.97. The zero-order chi connectivity index (χ0) is 11.6. The molecule has 0 unspecified atom stereocenters. The normalized spacial score (nSPS) is 19.7. The Morgan fingerprint density at radius 1 is 1.33 bits per heavy atom. The number of hydrogen-bond donors (Lipinski definition) is 1. The quantitative estimate of drug-likeness (QED) is 0.675. The molecule has 0 aromatic heterocycles. The number of aliphatic hydroxyl groups excluding tert-OH is 1. The number of hydrogen-bond acceptors (Lipinski definition) is 3. The first-order valence-corrected chi connectivity index (χ1v) is 5.33. The summed E-state index contributed by atoms with van der Waals surface area (Å²) in [5, 5.41) is 9.68. The molecule has 0 amide bonds. The highest BCUT2D eigenvalue weighted by atomic mass is 16.3. The van der Waals surface area contributed by atoms with E-state index in [9.17, 15) is 9.90 Å². The van der Waals surface area contributed by atoms with Crippen molar-refractivity contribution in [1.29, 1.82) is 0 Å². The third-order valence-corrected chi connectivity index (χ3v) is 2.25. The maximum atomic E-state index is 11.6. The molecule has 1 aliphatic carbocycles. The number of carbonyl (C=O) groups excluding carboxylic acids is 1. The number of nitrogens with zero attached hydrogens (tertiary/aromatic N) is 1. The molecule has 0 aliphatic heterocycles. The summed E-state index contributed by atoms with van der Waals surface area (Å²) in [5.74, 6) is 0.223. The summed E-state index contributed by atoms with van der Waals surface area (Å²) >= 11 is 0.